The Labute approximate surface area is 111 Å². The van der Waals surface area contributed by atoms with Gasteiger partial charge in [-0.15, -0.1) is 0 Å². The van der Waals surface area contributed by atoms with Crippen LogP contribution in [0.5, 0.6) is 23.1 Å². The van der Waals surface area contributed by atoms with Crippen molar-refractivity contribution < 1.29 is 14.2 Å². The van der Waals surface area contributed by atoms with Gasteiger partial charge in [-0.1, -0.05) is 6.07 Å². The number of hydrogen-bond donors (Lipinski definition) is 1. The number of para-hydroxylation sites is 1. The van der Waals surface area contributed by atoms with Crippen molar-refractivity contribution in [2.75, 3.05) is 20.0 Å². The lowest BCUT2D eigenvalue weighted by Gasteiger charge is -2.14. The molecule has 0 saturated heterocycles. The molecule has 1 heterocycles. The van der Waals surface area contributed by atoms with Crippen LogP contribution >= 0.6 is 0 Å². The van der Waals surface area contributed by atoms with E-state index in [0.29, 0.717) is 34.5 Å². The van der Waals surface area contributed by atoms with Crippen LogP contribution in [-0.4, -0.2) is 24.0 Å². The molecular weight excluding hydrogens is 246 g/mol. The van der Waals surface area contributed by atoms with Gasteiger partial charge < -0.3 is 19.9 Å². The standard InChI is InChI=1S/C13H17N3O3/c1-8-11(14)13(16(2)15-8)19-12-9(17-3)6-5-7-10(12)18-4/h5-7H,14H2,1-4H3. The minimum absolute atomic E-state index is 0.459. The van der Waals surface area contributed by atoms with Gasteiger partial charge >= 0.3 is 0 Å². The number of nitrogens with zero attached hydrogens (tertiary/aromatic N) is 2. The van der Waals surface area contributed by atoms with Crippen LogP contribution < -0.4 is 19.9 Å². The Hall–Kier alpha value is -2.37. The van der Waals surface area contributed by atoms with Crippen LogP contribution in [0.15, 0.2) is 18.2 Å². The molecule has 0 unspecified atom stereocenters. The topological polar surface area (TPSA) is 71.5 Å². The number of ether oxygens (including phenoxy) is 3. The molecule has 19 heavy (non-hydrogen) atoms. The molecule has 0 radical (unpaired) electrons. The number of methoxy groups -OCH3 is 2. The Balaban J connectivity index is 2.48. The SMILES string of the molecule is COc1cccc(OC)c1Oc1c(N)c(C)nn1C. The van der Waals surface area contributed by atoms with E-state index in [9.17, 15) is 0 Å². The zero-order chi connectivity index (χ0) is 14.0. The minimum Gasteiger partial charge on any atom is -0.493 e. The van der Waals surface area contributed by atoms with Gasteiger partial charge in [0.05, 0.1) is 19.9 Å². The lowest BCUT2D eigenvalue weighted by molar-refractivity contribution is 0.335. The molecule has 0 aliphatic heterocycles. The van der Waals surface area contributed by atoms with E-state index in [4.69, 9.17) is 19.9 Å². The second kappa shape index (κ2) is 5.09. The summed E-state index contributed by atoms with van der Waals surface area (Å²) < 4.78 is 18.0. The van der Waals surface area contributed by atoms with Crippen LogP contribution in [0.3, 0.4) is 0 Å². The summed E-state index contributed by atoms with van der Waals surface area (Å²) in [5.41, 5.74) is 7.15. The number of hydrogen-bond acceptors (Lipinski definition) is 5. The molecule has 0 spiro atoms. The highest BCUT2D eigenvalue weighted by Crippen LogP contribution is 2.41. The third-order valence-electron chi connectivity index (χ3n) is 2.80. The number of nitrogens with two attached hydrogens (primary N) is 1. The minimum atomic E-state index is 0.459. The summed E-state index contributed by atoms with van der Waals surface area (Å²) in [5, 5.41) is 4.20. The Morgan fingerprint density at radius 3 is 2.16 bits per heavy atom. The number of aromatic nitrogens is 2. The first-order valence-electron chi connectivity index (χ1n) is 5.76. The van der Waals surface area contributed by atoms with E-state index >= 15 is 0 Å². The van der Waals surface area contributed by atoms with E-state index in [-0.39, 0.29) is 0 Å². The average molecular weight is 263 g/mol. The van der Waals surface area contributed by atoms with Crippen molar-refractivity contribution in [3.8, 4) is 23.1 Å². The van der Waals surface area contributed by atoms with Crippen molar-refractivity contribution in [3.63, 3.8) is 0 Å². The first-order valence-corrected chi connectivity index (χ1v) is 5.76. The van der Waals surface area contributed by atoms with Crippen LogP contribution in [0.2, 0.25) is 0 Å². The summed E-state index contributed by atoms with van der Waals surface area (Å²) in [5.74, 6) is 2.07. The molecule has 0 amide bonds. The van der Waals surface area contributed by atoms with Gasteiger partial charge in [0.15, 0.2) is 11.5 Å². The first-order chi connectivity index (χ1) is 9.08. The van der Waals surface area contributed by atoms with Crippen LogP contribution in [0.1, 0.15) is 5.69 Å². The summed E-state index contributed by atoms with van der Waals surface area (Å²) in [7, 11) is 4.90. The highest BCUT2D eigenvalue weighted by Gasteiger charge is 2.18. The molecule has 6 nitrogen and oxygen atoms in total. The van der Waals surface area contributed by atoms with Crippen LogP contribution in [0.25, 0.3) is 0 Å². The summed E-state index contributed by atoms with van der Waals surface area (Å²) in [6.45, 7) is 1.82. The third-order valence-corrected chi connectivity index (χ3v) is 2.80. The van der Waals surface area contributed by atoms with Crippen LogP contribution in [0, 0.1) is 6.92 Å². The lowest BCUT2D eigenvalue weighted by Crippen LogP contribution is -2.00. The Morgan fingerprint density at radius 2 is 1.74 bits per heavy atom. The maximum Gasteiger partial charge on any atom is 0.241 e. The number of rotatable bonds is 4. The summed E-state index contributed by atoms with van der Waals surface area (Å²) in [6, 6.07) is 5.40. The normalized spacial score (nSPS) is 10.3. The fourth-order valence-corrected chi connectivity index (χ4v) is 1.79. The van der Waals surface area contributed by atoms with E-state index in [0.717, 1.165) is 0 Å². The number of anilines is 1. The third kappa shape index (κ3) is 2.29. The maximum atomic E-state index is 5.94. The molecule has 1 aromatic heterocycles. The van der Waals surface area contributed by atoms with E-state index in [1.165, 1.54) is 0 Å². The fourth-order valence-electron chi connectivity index (χ4n) is 1.79. The molecule has 0 bridgehead atoms. The number of aryl methyl sites for hydroxylation is 2. The largest absolute Gasteiger partial charge is 0.493 e. The first kappa shape index (κ1) is 13.1. The predicted molar refractivity (Wildman–Crippen MR) is 72.0 cm³/mol. The predicted octanol–water partition coefficient (Wildman–Crippen LogP) is 2.12. The molecule has 2 rings (SSSR count). The average Bonchev–Trinajstić information content (AvgIpc) is 2.65. The molecule has 0 saturated carbocycles. The fraction of sp³-hybridized carbons (Fsp3) is 0.308. The van der Waals surface area contributed by atoms with Gasteiger partial charge in [-0.3, -0.25) is 0 Å². The molecule has 0 aliphatic rings. The van der Waals surface area contributed by atoms with Gasteiger partial charge in [0.2, 0.25) is 11.6 Å². The Bertz CT molecular complexity index is 571. The van der Waals surface area contributed by atoms with Gasteiger partial charge in [0, 0.05) is 7.05 Å². The molecule has 2 N–H and O–H groups in total. The zero-order valence-electron chi connectivity index (χ0n) is 11.4. The van der Waals surface area contributed by atoms with Crippen molar-refractivity contribution in [3.05, 3.63) is 23.9 Å². The van der Waals surface area contributed by atoms with E-state index < -0.39 is 0 Å². The van der Waals surface area contributed by atoms with Crippen molar-refractivity contribution >= 4 is 5.69 Å². The van der Waals surface area contributed by atoms with Crippen molar-refractivity contribution in [2.24, 2.45) is 7.05 Å². The molecule has 0 aliphatic carbocycles. The zero-order valence-corrected chi connectivity index (χ0v) is 11.4. The van der Waals surface area contributed by atoms with Crippen molar-refractivity contribution in [1.29, 1.82) is 0 Å². The molecule has 2 aromatic rings. The van der Waals surface area contributed by atoms with Gasteiger partial charge in [-0.25, -0.2) is 4.68 Å². The van der Waals surface area contributed by atoms with Gasteiger partial charge in [0.25, 0.3) is 0 Å². The maximum absolute atomic E-state index is 5.94. The van der Waals surface area contributed by atoms with Gasteiger partial charge in [-0.05, 0) is 19.1 Å². The van der Waals surface area contributed by atoms with E-state index in [2.05, 4.69) is 5.10 Å². The quantitative estimate of drug-likeness (QED) is 0.914. The van der Waals surface area contributed by atoms with Gasteiger partial charge in [-0.2, -0.15) is 5.10 Å². The van der Waals surface area contributed by atoms with E-state index in [1.807, 2.05) is 13.0 Å². The van der Waals surface area contributed by atoms with Crippen LogP contribution in [0.4, 0.5) is 5.69 Å². The smallest absolute Gasteiger partial charge is 0.241 e. The van der Waals surface area contributed by atoms with Crippen molar-refractivity contribution in [2.45, 2.75) is 6.92 Å². The van der Waals surface area contributed by atoms with Crippen LogP contribution in [-0.2, 0) is 7.05 Å². The number of benzene rings is 1. The van der Waals surface area contributed by atoms with Gasteiger partial charge in [0.1, 0.15) is 5.69 Å². The Morgan fingerprint density at radius 1 is 1.16 bits per heavy atom. The number of nitrogen functional groups attached to an aromatic ring is 1. The molecular formula is C13H17N3O3. The molecule has 1 aromatic carbocycles. The van der Waals surface area contributed by atoms with E-state index in [1.54, 1.807) is 38.1 Å². The summed E-state index contributed by atoms with van der Waals surface area (Å²) >= 11 is 0. The highest BCUT2D eigenvalue weighted by molar-refractivity contribution is 5.58. The summed E-state index contributed by atoms with van der Waals surface area (Å²) in [6.07, 6.45) is 0. The Kier molecular flexibility index (Phi) is 3.50. The second-order valence-electron chi connectivity index (χ2n) is 4.02. The second-order valence-corrected chi connectivity index (χ2v) is 4.02. The summed E-state index contributed by atoms with van der Waals surface area (Å²) in [4.78, 5) is 0. The highest BCUT2D eigenvalue weighted by atomic mass is 16.5. The van der Waals surface area contributed by atoms with Crippen molar-refractivity contribution in [1.82, 2.24) is 9.78 Å². The molecule has 0 atom stereocenters. The lowest BCUT2D eigenvalue weighted by atomic mass is 10.3. The molecule has 102 valence electrons. The monoisotopic (exact) mass is 263 g/mol. The molecule has 0 fully saturated rings. The molecule has 6 heteroatoms.